The Balaban J connectivity index is 2.28. The van der Waals surface area contributed by atoms with Crippen LogP contribution in [0.5, 0.6) is 0 Å². The van der Waals surface area contributed by atoms with Gasteiger partial charge in [0.25, 0.3) is 0 Å². The second kappa shape index (κ2) is 5.37. The summed E-state index contributed by atoms with van der Waals surface area (Å²) in [5.74, 6) is 0.0673. The van der Waals surface area contributed by atoms with Gasteiger partial charge in [0.15, 0.2) is 0 Å². The van der Waals surface area contributed by atoms with Crippen molar-refractivity contribution in [3.63, 3.8) is 0 Å². The smallest absolute Gasteiger partial charge is 0.0719 e. The quantitative estimate of drug-likeness (QED) is 0.765. The van der Waals surface area contributed by atoms with E-state index in [0.29, 0.717) is 5.69 Å². The van der Waals surface area contributed by atoms with E-state index in [2.05, 4.69) is 16.1 Å². The molecule has 0 aliphatic carbocycles. The average molecular weight is 207 g/mol. The van der Waals surface area contributed by atoms with Crippen molar-refractivity contribution in [1.82, 2.24) is 14.7 Å². The first-order valence-electron chi connectivity index (χ1n) is 4.98. The van der Waals surface area contributed by atoms with Crippen molar-refractivity contribution in [1.29, 1.82) is 5.26 Å². The summed E-state index contributed by atoms with van der Waals surface area (Å²) in [6.45, 7) is 4.37. The number of rotatable bonds is 5. The van der Waals surface area contributed by atoms with Crippen LogP contribution < -0.4 is 5.73 Å². The molecule has 0 amide bonds. The fourth-order valence-corrected chi connectivity index (χ4v) is 1.37. The molecule has 0 saturated heterocycles. The van der Waals surface area contributed by atoms with Crippen LogP contribution in [0.15, 0.2) is 12.4 Å². The zero-order valence-corrected chi connectivity index (χ0v) is 9.22. The lowest BCUT2D eigenvalue weighted by Crippen LogP contribution is -2.27. The summed E-state index contributed by atoms with van der Waals surface area (Å²) in [4.78, 5) is 2.12. The maximum atomic E-state index is 8.66. The van der Waals surface area contributed by atoms with Gasteiger partial charge in [-0.3, -0.25) is 4.68 Å². The number of nitrogens with zero attached hydrogens (tertiary/aromatic N) is 4. The van der Waals surface area contributed by atoms with Crippen LogP contribution in [0.3, 0.4) is 0 Å². The van der Waals surface area contributed by atoms with Gasteiger partial charge in [-0.05, 0) is 14.0 Å². The van der Waals surface area contributed by atoms with Crippen molar-refractivity contribution < 1.29 is 0 Å². The maximum absolute atomic E-state index is 8.66. The number of hydrogen-bond donors (Lipinski definition) is 1. The van der Waals surface area contributed by atoms with Gasteiger partial charge in [0.1, 0.15) is 0 Å². The van der Waals surface area contributed by atoms with E-state index in [0.717, 1.165) is 19.6 Å². The highest BCUT2D eigenvalue weighted by Gasteiger charge is 2.05. The molecule has 0 fully saturated rings. The molecule has 0 aromatic carbocycles. The van der Waals surface area contributed by atoms with Gasteiger partial charge in [-0.1, -0.05) is 0 Å². The summed E-state index contributed by atoms with van der Waals surface area (Å²) in [6, 6.07) is 2.21. The van der Waals surface area contributed by atoms with E-state index in [9.17, 15) is 0 Å². The SMILES string of the molecule is CC(C#N)CN(C)CCn1cc(N)cn1. The molecule has 0 radical (unpaired) electrons. The van der Waals surface area contributed by atoms with Crippen molar-refractivity contribution in [3.05, 3.63) is 12.4 Å². The number of likely N-dealkylation sites (N-methyl/N-ethyl adjacent to an activating group) is 1. The minimum Gasteiger partial charge on any atom is -0.396 e. The zero-order valence-electron chi connectivity index (χ0n) is 9.22. The fourth-order valence-electron chi connectivity index (χ4n) is 1.37. The Hall–Kier alpha value is -1.54. The van der Waals surface area contributed by atoms with Gasteiger partial charge >= 0.3 is 0 Å². The third-order valence-corrected chi connectivity index (χ3v) is 2.17. The lowest BCUT2D eigenvalue weighted by molar-refractivity contribution is 0.292. The second-order valence-corrected chi connectivity index (χ2v) is 3.83. The first-order chi connectivity index (χ1) is 7.11. The summed E-state index contributed by atoms with van der Waals surface area (Å²) in [5.41, 5.74) is 6.23. The minimum absolute atomic E-state index is 0.0673. The molecular formula is C10H17N5. The van der Waals surface area contributed by atoms with Crippen LogP contribution in [0.2, 0.25) is 0 Å². The van der Waals surface area contributed by atoms with Crippen molar-refractivity contribution in [2.45, 2.75) is 13.5 Å². The summed E-state index contributed by atoms with van der Waals surface area (Å²) < 4.78 is 1.81. The van der Waals surface area contributed by atoms with Crippen molar-refractivity contribution in [3.8, 4) is 6.07 Å². The molecule has 15 heavy (non-hydrogen) atoms. The summed E-state index contributed by atoms with van der Waals surface area (Å²) in [6.07, 6.45) is 3.44. The Bertz CT molecular complexity index is 338. The number of aromatic nitrogens is 2. The van der Waals surface area contributed by atoms with E-state index in [4.69, 9.17) is 11.0 Å². The van der Waals surface area contributed by atoms with Gasteiger partial charge in [-0.15, -0.1) is 0 Å². The number of hydrogen-bond acceptors (Lipinski definition) is 4. The highest BCUT2D eigenvalue weighted by Crippen LogP contribution is 1.99. The van der Waals surface area contributed by atoms with Crippen LogP contribution in [-0.4, -0.2) is 34.8 Å². The molecule has 0 bridgehead atoms. The highest BCUT2D eigenvalue weighted by atomic mass is 15.3. The lowest BCUT2D eigenvalue weighted by atomic mass is 10.2. The summed E-state index contributed by atoms with van der Waals surface area (Å²) in [7, 11) is 2.00. The first kappa shape index (κ1) is 11.5. The van der Waals surface area contributed by atoms with Crippen LogP contribution in [0.4, 0.5) is 5.69 Å². The molecule has 5 heteroatoms. The van der Waals surface area contributed by atoms with E-state index in [-0.39, 0.29) is 5.92 Å². The van der Waals surface area contributed by atoms with Crippen molar-refractivity contribution in [2.75, 3.05) is 25.9 Å². The molecule has 82 valence electrons. The predicted octanol–water partition coefficient (Wildman–Crippen LogP) is 0.557. The minimum atomic E-state index is 0.0673. The average Bonchev–Trinajstić information content (AvgIpc) is 2.61. The highest BCUT2D eigenvalue weighted by molar-refractivity contribution is 5.30. The molecule has 5 nitrogen and oxygen atoms in total. The van der Waals surface area contributed by atoms with Gasteiger partial charge in [-0.2, -0.15) is 10.4 Å². The zero-order chi connectivity index (χ0) is 11.3. The number of nitrogen functional groups attached to an aromatic ring is 1. The molecule has 0 aliphatic heterocycles. The van der Waals surface area contributed by atoms with Crippen molar-refractivity contribution >= 4 is 5.69 Å². The van der Waals surface area contributed by atoms with E-state index in [1.165, 1.54) is 0 Å². The summed E-state index contributed by atoms with van der Waals surface area (Å²) in [5, 5.41) is 12.7. The Kier molecular flexibility index (Phi) is 4.13. The molecule has 1 aromatic rings. The summed E-state index contributed by atoms with van der Waals surface area (Å²) >= 11 is 0. The lowest BCUT2D eigenvalue weighted by Gasteiger charge is -2.17. The van der Waals surface area contributed by atoms with E-state index in [1.807, 2.05) is 24.9 Å². The number of anilines is 1. The molecular weight excluding hydrogens is 190 g/mol. The molecule has 0 aliphatic rings. The number of nitrogens with two attached hydrogens (primary N) is 1. The standard InChI is InChI=1S/C10H17N5/c1-9(5-11)7-14(2)3-4-15-8-10(12)6-13-15/h6,8-9H,3-4,7,12H2,1-2H3. The third kappa shape index (κ3) is 4.00. The molecule has 0 spiro atoms. The van der Waals surface area contributed by atoms with Gasteiger partial charge in [0.2, 0.25) is 0 Å². The Morgan fingerprint density at radius 2 is 2.47 bits per heavy atom. The van der Waals surface area contributed by atoms with Gasteiger partial charge in [0.05, 0.1) is 30.4 Å². The molecule has 1 aromatic heterocycles. The van der Waals surface area contributed by atoms with Crippen LogP contribution in [0, 0.1) is 17.2 Å². The van der Waals surface area contributed by atoms with Crippen LogP contribution in [-0.2, 0) is 6.54 Å². The van der Waals surface area contributed by atoms with E-state index >= 15 is 0 Å². The van der Waals surface area contributed by atoms with Crippen LogP contribution in [0.1, 0.15) is 6.92 Å². The van der Waals surface area contributed by atoms with E-state index < -0.39 is 0 Å². The monoisotopic (exact) mass is 207 g/mol. The largest absolute Gasteiger partial charge is 0.396 e. The molecule has 1 unspecified atom stereocenters. The molecule has 1 heterocycles. The van der Waals surface area contributed by atoms with Crippen molar-refractivity contribution in [2.24, 2.45) is 5.92 Å². The van der Waals surface area contributed by atoms with Gasteiger partial charge in [0, 0.05) is 19.3 Å². The molecule has 2 N–H and O–H groups in total. The third-order valence-electron chi connectivity index (χ3n) is 2.17. The maximum Gasteiger partial charge on any atom is 0.0719 e. The van der Waals surface area contributed by atoms with Gasteiger partial charge < -0.3 is 10.6 Å². The van der Waals surface area contributed by atoms with E-state index in [1.54, 1.807) is 6.20 Å². The van der Waals surface area contributed by atoms with Crippen LogP contribution >= 0.6 is 0 Å². The first-order valence-corrected chi connectivity index (χ1v) is 4.98. The number of nitriles is 1. The normalized spacial score (nSPS) is 12.7. The molecule has 1 rings (SSSR count). The molecule has 1 atom stereocenters. The molecule has 0 saturated carbocycles. The Morgan fingerprint density at radius 3 is 3.00 bits per heavy atom. The Morgan fingerprint density at radius 1 is 1.73 bits per heavy atom. The predicted molar refractivity (Wildman–Crippen MR) is 58.9 cm³/mol. The topological polar surface area (TPSA) is 70.9 Å². The Labute approximate surface area is 90.1 Å². The second-order valence-electron chi connectivity index (χ2n) is 3.83. The van der Waals surface area contributed by atoms with Crippen LogP contribution in [0.25, 0.3) is 0 Å². The fraction of sp³-hybridized carbons (Fsp3) is 0.600. The van der Waals surface area contributed by atoms with Gasteiger partial charge in [-0.25, -0.2) is 0 Å².